The minimum Gasteiger partial charge on any atom is -0.310 e. The normalized spacial score (nSPS) is 12.5. The van der Waals surface area contributed by atoms with Crippen LogP contribution in [0.1, 0.15) is 43.0 Å². The molecule has 0 aliphatic rings. The summed E-state index contributed by atoms with van der Waals surface area (Å²) < 4.78 is 0. The van der Waals surface area contributed by atoms with E-state index in [1.54, 1.807) is 11.3 Å². The number of hydrogen-bond acceptors (Lipinski definition) is 2. The topological polar surface area (TPSA) is 12.0 Å². The lowest BCUT2D eigenvalue weighted by Crippen LogP contribution is -2.23. The standard InChI is InChI=1S/C17H23NS/c1-3-10-18-17(16-9-11-19-13-16)12-15-7-5-14(4-2)6-8-15/h5-9,11,13,17-18H,3-4,10,12H2,1-2H3. The lowest BCUT2D eigenvalue weighted by molar-refractivity contribution is 0.530. The van der Waals surface area contributed by atoms with Crippen molar-refractivity contribution in [3.63, 3.8) is 0 Å². The zero-order valence-corrected chi connectivity index (χ0v) is 12.7. The Bertz CT molecular complexity index is 459. The van der Waals surface area contributed by atoms with E-state index in [4.69, 9.17) is 0 Å². The molecular formula is C17H23NS. The second-order valence-electron chi connectivity index (χ2n) is 4.94. The van der Waals surface area contributed by atoms with Crippen LogP contribution in [0.4, 0.5) is 0 Å². The fourth-order valence-corrected chi connectivity index (χ4v) is 2.96. The van der Waals surface area contributed by atoms with Gasteiger partial charge in [-0.3, -0.25) is 0 Å². The number of thiophene rings is 1. The van der Waals surface area contributed by atoms with Crippen LogP contribution in [0.15, 0.2) is 41.1 Å². The number of nitrogens with one attached hydrogen (secondary N) is 1. The predicted molar refractivity (Wildman–Crippen MR) is 84.9 cm³/mol. The number of hydrogen-bond donors (Lipinski definition) is 1. The van der Waals surface area contributed by atoms with E-state index < -0.39 is 0 Å². The van der Waals surface area contributed by atoms with Crippen molar-refractivity contribution in [1.82, 2.24) is 5.32 Å². The van der Waals surface area contributed by atoms with Crippen molar-refractivity contribution in [1.29, 1.82) is 0 Å². The molecule has 1 aromatic heterocycles. The Morgan fingerprint density at radius 1 is 1.05 bits per heavy atom. The third-order valence-corrected chi connectivity index (χ3v) is 4.16. The van der Waals surface area contributed by atoms with Crippen molar-refractivity contribution >= 4 is 11.3 Å². The minimum absolute atomic E-state index is 0.443. The molecule has 1 unspecified atom stereocenters. The third kappa shape index (κ3) is 4.19. The molecule has 0 amide bonds. The molecule has 0 radical (unpaired) electrons. The van der Waals surface area contributed by atoms with E-state index in [0.29, 0.717) is 6.04 Å². The summed E-state index contributed by atoms with van der Waals surface area (Å²) in [5.41, 5.74) is 4.24. The van der Waals surface area contributed by atoms with E-state index >= 15 is 0 Å². The molecule has 0 saturated heterocycles. The Hall–Kier alpha value is -1.12. The van der Waals surface area contributed by atoms with Crippen LogP contribution in [-0.4, -0.2) is 6.54 Å². The molecule has 1 N–H and O–H groups in total. The summed E-state index contributed by atoms with van der Waals surface area (Å²) in [6.45, 7) is 5.49. The van der Waals surface area contributed by atoms with Gasteiger partial charge in [0.25, 0.3) is 0 Å². The van der Waals surface area contributed by atoms with Crippen molar-refractivity contribution < 1.29 is 0 Å². The van der Waals surface area contributed by atoms with Crippen LogP contribution >= 0.6 is 11.3 Å². The van der Waals surface area contributed by atoms with Gasteiger partial charge in [0.05, 0.1) is 0 Å². The van der Waals surface area contributed by atoms with Crippen LogP contribution in [0.25, 0.3) is 0 Å². The van der Waals surface area contributed by atoms with E-state index in [0.717, 1.165) is 19.4 Å². The average molecular weight is 273 g/mol. The van der Waals surface area contributed by atoms with Crippen LogP contribution in [-0.2, 0) is 12.8 Å². The zero-order chi connectivity index (χ0) is 13.5. The monoisotopic (exact) mass is 273 g/mol. The predicted octanol–water partition coefficient (Wildman–Crippen LogP) is 4.59. The Morgan fingerprint density at radius 3 is 2.37 bits per heavy atom. The highest BCUT2D eigenvalue weighted by molar-refractivity contribution is 7.07. The summed E-state index contributed by atoms with van der Waals surface area (Å²) in [6, 6.07) is 11.7. The van der Waals surface area contributed by atoms with Gasteiger partial charge in [0, 0.05) is 6.04 Å². The highest BCUT2D eigenvalue weighted by Crippen LogP contribution is 2.21. The first kappa shape index (κ1) is 14.3. The molecular weight excluding hydrogens is 250 g/mol. The molecule has 1 atom stereocenters. The first-order valence-electron chi connectivity index (χ1n) is 7.16. The second kappa shape index (κ2) is 7.46. The molecule has 0 bridgehead atoms. The molecule has 2 rings (SSSR count). The lowest BCUT2D eigenvalue weighted by atomic mass is 9.99. The van der Waals surface area contributed by atoms with Crippen LogP contribution < -0.4 is 5.32 Å². The fourth-order valence-electron chi connectivity index (χ4n) is 2.25. The average Bonchev–Trinajstić information content (AvgIpc) is 2.98. The third-order valence-electron chi connectivity index (χ3n) is 3.46. The van der Waals surface area contributed by atoms with Gasteiger partial charge in [-0.05, 0) is 59.3 Å². The van der Waals surface area contributed by atoms with E-state index in [1.807, 2.05) is 0 Å². The van der Waals surface area contributed by atoms with Crippen LogP contribution in [0, 0.1) is 0 Å². The highest BCUT2D eigenvalue weighted by Gasteiger charge is 2.11. The van der Waals surface area contributed by atoms with Crippen LogP contribution in [0.2, 0.25) is 0 Å². The maximum Gasteiger partial charge on any atom is 0.0369 e. The zero-order valence-electron chi connectivity index (χ0n) is 11.9. The van der Waals surface area contributed by atoms with Crippen molar-refractivity contribution in [2.45, 2.75) is 39.2 Å². The summed E-state index contributed by atoms with van der Waals surface area (Å²) >= 11 is 1.78. The first-order valence-corrected chi connectivity index (χ1v) is 8.11. The smallest absolute Gasteiger partial charge is 0.0369 e. The van der Waals surface area contributed by atoms with Crippen LogP contribution in [0.5, 0.6) is 0 Å². The van der Waals surface area contributed by atoms with Crippen molar-refractivity contribution in [2.24, 2.45) is 0 Å². The molecule has 19 heavy (non-hydrogen) atoms. The molecule has 0 aliphatic heterocycles. The maximum atomic E-state index is 3.66. The number of aryl methyl sites for hydroxylation is 1. The van der Waals surface area contributed by atoms with E-state index in [1.165, 1.54) is 23.1 Å². The number of rotatable bonds is 7. The van der Waals surface area contributed by atoms with E-state index in [-0.39, 0.29) is 0 Å². The van der Waals surface area contributed by atoms with E-state index in [9.17, 15) is 0 Å². The second-order valence-corrected chi connectivity index (χ2v) is 5.72. The minimum atomic E-state index is 0.443. The van der Waals surface area contributed by atoms with Gasteiger partial charge in [-0.2, -0.15) is 11.3 Å². The maximum absolute atomic E-state index is 3.66. The molecule has 2 heteroatoms. The molecule has 0 aliphatic carbocycles. The largest absolute Gasteiger partial charge is 0.310 e. The quantitative estimate of drug-likeness (QED) is 0.777. The van der Waals surface area contributed by atoms with Gasteiger partial charge >= 0.3 is 0 Å². The first-order chi connectivity index (χ1) is 9.33. The number of benzene rings is 1. The molecule has 1 nitrogen and oxygen atoms in total. The van der Waals surface area contributed by atoms with Crippen molar-refractivity contribution in [3.8, 4) is 0 Å². The summed E-state index contributed by atoms with van der Waals surface area (Å²) in [5, 5.41) is 8.08. The lowest BCUT2D eigenvalue weighted by Gasteiger charge is -2.18. The van der Waals surface area contributed by atoms with Gasteiger partial charge in [0.2, 0.25) is 0 Å². The summed E-state index contributed by atoms with van der Waals surface area (Å²) in [6.07, 6.45) is 3.36. The Balaban J connectivity index is 2.06. The molecule has 1 aromatic carbocycles. The Labute approximate surface area is 120 Å². The molecule has 1 heterocycles. The van der Waals surface area contributed by atoms with Gasteiger partial charge < -0.3 is 5.32 Å². The summed E-state index contributed by atoms with van der Waals surface area (Å²) in [7, 11) is 0. The molecule has 2 aromatic rings. The van der Waals surface area contributed by atoms with Gasteiger partial charge in [0.15, 0.2) is 0 Å². The SMILES string of the molecule is CCCNC(Cc1ccc(CC)cc1)c1ccsc1. The van der Waals surface area contributed by atoms with Crippen LogP contribution in [0.3, 0.4) is 0 Å². The van der Waals surface area contributed by atoms with E-state index in [2.05, 4.69) is 60.3 Å². The molecule has 0 fully saturated rings. The Morgan fingerprint density at radius 2 is 1.79 bits per heavy atom. The summed E-state index contributed by atoms with van der Waals surface area (Å²) in [5.74, 6) is 0. The fraction of sp³-hybridized carbons (Fsp3) is 0.412. The molecule has 0 saturated carbocycles. The van der Waals surface area contributed by atoms with Gasteiger partial charge in [-0.25, -0.2) is 0 Å². The molecule has 0 spiro atoms. The molecule has 102 valence electrons. The van der Waals surface area contributed by atoms with Gasteiger partial charge in [0.1, 0.15) is 0 Å². The van der Waals surface area contributed by atoms with Crippen molar-refractivity contribution in [2.75, 3.05) is 6.54 Å². The highest BCUT2D eigenvalue weighted by atomic mass is 32.1. The summed E-state index contributed by atoms with van der Waals surface area (Å²) in [4.78, 5) is 0. The van der Waals surface area contributed by atoms with Gasteiger partial charge in [-0.1, -0.05) is 38.1 Å². The van der Waals surface area contributed by atoms with Gasteiger partial charge in [-0.15, -0.1) is 0 Å². The Kier molecular flexibility index (Phi) is 5.62. The van der Waals surface area contributed by atoms with Crippen molar-refractivity contribution in [3.05, 3.63) is 57.8 Å².